The van der Waals surface area contributed by atoms with Gasteiger partial charge in [-0.15, -0.1) is 0 Å². The molecule has 0 saturated heterocycles. The number of nitrogens with two attached hydrogens (primary N) is 2. The Balaban J connectivity index is 2.93. The van der Waals surface area contributed by atoms with Crippen LogP contribution in [0.4, 0.5) is 5.69 Å². The van der Waals surface area contributed by atoms with Gasteiger partial charge in [-0.3, -0.25) is 14.4 Å². The Kier molecular flexibility index (Phi) is 7.05. The molecule has 0 aliphatic heterocycles. The van der Waals surface area contributed by atoms with Gasteiger partial charge < -0.3 is 21.3 Å². The van der Waals surface area contributed by atoms with E-state index >= 15 is 0 Å². The number of primary amides is 2. The van der Waals surface area contributed by atoms with Gasteiger partial charge in [-0.2, -0.15) is 0 Å². The highest BCUT2D eigenvalue weighted by molar-refractivity contribution is 5.98. The number of carbonyl (C=O) groups excluding carboxylic acids is 3. The van der Waals surface area contributed by atoms with Crippen LogP contribution in [0.15, 0.2) is 24.3 Å². The van der Waals surface area contributed by atoms with Gasteiger partial charge in [0.2, 0.25) is 11.8 Å². The third-order valence-corrected chi connectivity index (χ3v) is 3.34. The first-order chi connectivity index (χ1) is 10.9. The number of hydrogen-bond donors (Lipinski definition) is 2. The number of rotatable bonds is 9. The van der Waals surface area contributed by atoms with E-state index in [1.165, 1.54) is 0 Å². The molecule has 4 N–H and O–H groups in total. The summed E-state index contributed by atoms with van der Waals surface area (Å²) in [5, 5.41) is 0. The lowest BCUT2D eigenvalue weighted by Gasteiger charge is -2.23. The van der Waals surface area contributed by atoms with Gasteiger partial charge in [0.05, 0.1) is 0 Å². The molecular weight excluding hydrogens is 296 g/mol. The minimum atomic E-state index is -0.698. The Morgan fingerprint density at radius 2 is 1.48 bits per heavy atom. The first-order valence-electron chi connectivity index (χ1n) is 7.59. The highest BCUT2D eigenvalue weighted by atomic mass is 16.2. The standard InChI is InChI=1S/C16H24N4O3/c1-3-9-19(4-2)13-7-5-12(6-8-13)16(23)20(10-14(17)21)11-15(18)22/h5-8H,3-4,9-11H2,1-2H3,(H2,17,21)(H2,18,22). The van der Waals surface area contributed by atoms with Gasteiger partial charge in [-0.05, 0) is 37.6 Å². The third-order valence-electron chi connectivity index (χ3n) is 3.34. The molecular formula is C16H24N4O3. The number of anilines is 1. The van der Waals surface area contributed by atoms with Crippen molar-refractivity contribution < 1.29 is 14.4 Å². The van der Waals surface area contributed by atoms with E-state index in [0.717, 1.165) is 30.1 Å². The molecule has 1 rings (SSSR count). The van der Waals surface area contributed by atoms with Crippen LogP contribution in [0.5, 0.6) is 0 Å². The summed E-state index contributed by atoms with van der Waals surface area (Å²) in [5.74, 6) is -1.85. The number of carbonyl (C=O) groups is 3. The summed E-state index contributed by atoms with van der Waals surface area (Å²) >= 11 is 0. The van der Waals surface area contributed by atoms with Crippen molar-refractivity contribution >= 4 is 23.4 Å². The van der Waals surface area contributed by atoms with E-state index in [1.807, 2.05) is 12.1 Å². The van der Waals surface area contributed by atoms with Gasteiger partial charge in [0.15, 0.2) is 0 Å². The van der Waals surface area contributed by atoms with Gasteiger partial charge in [0.25, 0.3) is 5.91 Å². The first-order valence-corrected chi connectivity index (χ1v) is 7.59. The van der Waals surface area contributed by atoms with Gasteiger partial charge >= 0.3 is 0 Å². The molecule has 0 spiro atoms. The molecule has 0 radical (unpaired) electrons. The Labute approximate surface area is 136 Å². The summed E-state index contributed by atoms with van der Waals surface area (Å²) in [6.07, 6.45) is 1.03. The molecule has 1 aromatic rings. The zero-order valence-electron chi connectivity index (χ0n) is 13.6. The van der Waals surface area contributed by atoms with Crippen LogP contribution in [0.25, 0.3) is 0 Å². The molecule has 0 unspecified atom stereocenters. The van der Waals surface area contributed by atoms with Crippen molar-refractivity contribution in [1.29, 1.82) is 0 Å². The Morgan fingerprint density at radius 3 is 1.87 bits per heavy atom. The monoisotopic (exact) mass is 320 g/mol. The molecule has 0 fully saturated rings. The fourth-order valence-corrected chi connectivity index (χ4v) is 2.31. The second kappa shape index (κ2) is 8.77. The Morgan fingerprint density at radius 1 is 0.957 bits per heavy atom. The van der Waals surface area contributed by atoms with E-state index in [-0.39, 0.29) is 13.1 Å². The SMILES string of the molecule is CCCN(CC)c1ccc(C(=O)N(CC(N)=O)CC(N)=O)cc1. The van der Waals surface area contributed by atoms with Crippen molar-refractivity contribution in [2.24, 2.45) is 11.5 Å². The summed E-state index contributed by atoms with van der Waals surface area (Å²) < 4.78 is 0. The van der Waals surface area contributed by atoms with Crippen LogP contribution < -0.4 is 16.4 Å². The molecule has 7 nitrogen and oxygen atoms in total. The summed E-state index contributed by atoms with van der Waals surface area (Å²) in [4.78, 5) is 37.7. The van der Waals surface area contributed by atoms with Gasteiger partial charge in [-0.25, -0.2) is 0 Å². The summed E-state index contributed by atoms with van der Waals surface area (Å²) in [5.41, 5.74) is 11.6. The lowest BCUT2D eigenvalue weighted by molar-refractivity contribution is -0.121. The zero-order valence-corrected chi connectivity index (χ0v) is 13.6. The second-order valence-electron chi connectivity index (χ2n) is 5.22. The van der Waals surface area contributed by atoms with E-state index < -0.39 is 17.7 Å². The van der Waals surface area contributed by atoms with E-state index in [0.29, 0.717) is 5.56 Å². The van der Waals surface area contributed by atoms with Crippen molar-refractivity contribution in [2.75, 3.05) is 31.1 Å². The fourth-order valence-electron chi connectivity index (χ4n) is 2.31. The van der Waals surface area contributed by atoms with Crippen LogP contribution in [0.3, 0.4) is 0 Å². The lowest BCUT2D eigenvalue weighted by atomic mass is 10.1. The summed E-state index contributed by atoms with van der Waals surface area (Å²) in [6.45, 7) is 5.28. The Hall–Kier alpha value is -2.57. The van der Waals surface area contributed by atoms with Crippen molar-refractivity contribution in [3.8, 4) is 0 Å². The summed E-state index contributed by atoms with van der Waals surface area (Å²) in [7, 11) is 0. The van der Waals surface area contributed by atoms with E-state index in [4.69, 9.17) is 11.5 Å². The van der Waals surface area contributed by atoms with Crippen molar-refractivity contribution in [1.82, 2.24) is 4.90 Å². The molecule has 0 aromatic heterocycles. The van der Waals surface area contributed by atoms with Crippen LogP contribution in [0.2, 0.25) is 0 Å². The number of benzene rings is 1. The average Bonchev–Trinajstić information content (AvgIpc) is 2.50. The topological polar surface area (TPSA) is 110 Å². The van der Waals surface area contributed by atoms with Gasteiger partial charge in [0.1, 0.15) is 13.1 Å². The second-order valence-corrected chi connectivity index (χ2v) is 5.22. The molecule has 0 bridgehead atoms. The minimum Gasteiger partial charge on any atom is -0.372 e. The van der Waals surface area contributed by atoms with Crippen molar-refractivity contribution in [3.05, 3.63) is 29.8 Å². The molecule has 0 heterocycles. The quantitative estimate of drug-likeness (QED) is 0.683. The maximum atomic E-state index is 12.4. The minimum absolute atomic E-state index is 0.347. The fraction of sp³-hybridized carbons (Fsp3) is 0.438. The van der Waals surface area contributed by atoms with Crippen LogP contribution in [0, 0.1) is 0 Å². The van der Waals surface area contributed by atoms with Gasteiger partial charge in [0, 0.05) is 24.3 Å². The highest BCUT2D eigenvalue weighted by Gasteiger charge is 2.19. The lowest BCUT2D eigenvalue weighted by Crippen LogP contribution is -2.43. The number of amides is 3. The molecule has 126 valence electrons. The largest absolute Gasteiger partial charge is 0.372 e. The predicted octanol–water partition coefficient (Wildman–Crippen LogP) is 0.336. The van der Waals surface area contributed by atoms with Gasteiger partial charge in [-0.1, -0.05) is 6.92 Å². The Bertz CT molecular complexity index is 541. The van der Waals surface area contributed by atoms with Crippen LogP contribution in [0.1, 0.15) is 30.6 Å². The first kappa shape index (κ1) is 18.5. The molecule has 0 saturated carbocycles. The smallest absolute Gasteiger partial charge is 0.254 e. The third kappa shape index (κ3) is 5.61. The average molecular weight is 320 g/mol. The molecule has 23 heavy (non-hydrogen) atoms. The van der Waals surface area contributed by atoms with E-state index in [2.05, 4.69) is 18.7 Å². The van der Waals surface area contributed by atoms with Crippen LogP contribution in [-0.2, 0) is 9.59 Å². The van der Waals surface area contributed by atoms with E-state index in [1.54, 1.807) is 12.1 Å². The number of nitrogens with zero attached hydrogens (tertiary/aromatic N) is 2. The molecule has 0 aliphatic carbocycles. The molecule has 1 aromatic carbocycles. The molecule has 0 atom stereocenters. The maximum Gasteiger partial charge on any atom is 0.254 e. The van der Waals surface area contributed by atoms with Crippen LogP contribution >= 0.6 is 0 Å². The van der Waals surface area contributed by atoms with Crippen LogP contribution in [-0.4, -0.2) is 48.8 Å². The predicted molar refractivity (Wildman–Crippen MR) is 88.9 cm³/mol. The zero-order chi connectivity index (χ0) is 17.4. The van der Waals surface area contributed by atoms with Crippen molar-refractivity contribution in [3.63, 3.8) is 0 Å². The maximum absolute atomic E-state index is 12.4. The molecule has 0 aliphatic rings. The normalized spacial score (nSPS) is 10.2. The molecule has 3 amide bonds. The highest BCUT2D eigenvalue weighted by Crippen LogP contribution is 2.16. The summed E-state index contributed by atoms with van der Waals surface area (Å²) in [6, 6.07) is 7.04. The van der Waals surface area contributed by atoms with Crippen molar-refractivity contribution in [2.45, 2.75) is 20.3 Å². The number of hydrogen-bond acceptors (Lipinski definition) is 4. The van der Waals surface area contributed by atoms with E-state index in [9.17, 15) is 14.4 Å². The molecule has 7 heteroatoms.